The second kappa shape index (κ2) is 9.97. The smallest absolute Gasteiger partial charge is 0.194 e. The van der Waals surface area contributed by atoms with E-state index in [0.29, 0.717) is 13.2 Å². The van der Waals surface area contributed by atoms with Crippen LogP contribution in [-0.4, -0.2) is 67.3 Å². The summed E-state index contributed by atoms with van der Waals surface area (Å²) >= 11 is 0. The molecule has 1 aromatic carbocycles. The molecule has 1 fully saturated rings. The molecule has 1 aromatic heterocycles. The van der Waals surface area contributed by atoms with Crippen LogP contribution >= 0.6 is 0 Å². The molecular formula is C20H29N5O2. The minimum absolute atomic E-state index is 0.602. The zero-order valence-corrected chi connectivity index (χ0v) is 16.2. The highest BCUT2D eigenvalue weighted by atomic mass is 16.5. The summed E-state index contributed by atoms with van der Waals surface area (Å²) in [7, 11) is 1.82. The first-order valence-electron chi connectivity index (χ1n) is 9.58. The van der Waals surface area contributed by atoms with Gasteiger partial charge in [0.05, 0.1) is 12.2 Å². The number of benzene rings is 1. The predicted octanol–water partition coefficient (Wildman–Crippen LogP) is 2.01. The maximum Gasteiger partial charge on any atom is 0.194 e. The van der Waals surface area contributed by atoms with Crippen molar-refractivity contribution in [2.75, 3.05) is 46.4 Å². The third kappa shape index (κ3) is 5.72. The number of aliphatic imine (C=N–C) groups is 1. The molecule has 7 heteroatoms. The Labute approximate surface area is 161 Å². The highest BCUT2D eigenvalue weighted by Crippen LogP contribution is 2.09. The van der Waals surface area contributed by atoms with Gasteiger partial charge in [-0.15, -0.1) is 0 Å². The summed E-state index contributed by atoms with van der Waals surface area (Å²) in [5.41, 5.74) is 0.980. The second-order valence-electron chi connectivity index (χ2n) is 6.53. The zero-order valence-electron chi connectivity index (χ0n) is 16.2. The third-order valence-corrected chi connectivity index (χ3v) is 4.69. The van der Waals surface area contributed by atoms with Gasteiger partial charge in [-0.05, 0) is 18.6 Å². The monoisotopic (exact) mass is 371 g/mol. The molecule has 0 bridgehead atoms. The van der Waals surface area contributed by atoms with Gasteiger partial charge in [0.1, 0.15) is 12.4 Å². The summed E-state index contributed by atoms with van der Waals surface area (Å²) in [6.07, 6.45) is 0.883. The van der Waals surface area contributed by atoms with Gasteiger partial charge in [0.15, 0.2) is 11.7 Å². The number of rotatable bonds is 7. The van der Waals surface area contributed by atoms with Gasteiger partial charge in [-0.25, -0.2) is 0 Å². The van der Waals surface area contributed by atoms with Crippen LogP contribution in [0.5, 0.6) is 5.75 Å². The molecule has 1 aliphatic heterocycles. The Morgan fingerprint density at radius 2 is 2.00 bits per heavy atom. The number of hydrogen-bond acceptors (Lipinski definition) is 5. The topological polar surface area (TPSA) is 66.1 Å². The van der Waals surface area contributed by atoms with E-state index in [1.54, 1.807) is 0 Å². The lowest BCUT2D eigenvalue weighted by Crippen LogP contribution is -2.52. The fraction of sp³-hybridized carbons (Fsp3) is 0.500. The Morgan fingerprint density at radius 3 is 2.67 bits per heavy atom. The Hall–Kier alpha value is -2.54. The van der Waals surface area contributed by atoms with Gasteiger partial charge in [0.25, 0.3) is 0 Å². The predicted molar refractivity (Wildman–Crippen MR) is 106 cm³/mol. The van der Waals surface area contributed by atoms with Crippen LogP contribution in [0.4, 0.5) is 0 Å². The normalized spacial score (nSPS) is 15.8. The van der Waals surface area contributed by atoms with E-state index in [-0.39, 0.29) is 0 Å². The van der Waals surface area contributed by atoms with E-state index in [2.05, 4.69) is 32.2 Å². The molecular weight excluding hydrogens is 342 g/mol. The molecule has 27 heavy (non-hydrogen) atoms. The lowest BCUT2D eigenvalue weighted by Gasteiger charge is -2.36. The molecule has 0 radical (unpaired) electrons. The largest absolute Gasteiger partial charge is 0.492 e. The van der Waals surface area contributed by atoms with Crippen molar-refractivity contribution in [2.45, 2.75) is 19.9 Å². The van der Waals surface area contributed by atoms with E-state index in [1.165, 1.54) is 0 Å². The molecule has 7 nitrogen and oxygen atoms in total. The van der Waals surface area contributed by atoms with Gasteiger partial charge in [-0.2, -0.15) is 0 Å². The number of guanidine groups is 1. The molecule has 1 saturated heterocycles. The summed E-state index contributed by atoms with van der Waals surface area (Å²) in [6.45, 7) is 8.21. The number of piperazine rings is 1. The summed E-state index contributed by atoms with van der Waals surface area (Å²) in [4.78, 5) is 9.12. The molecule has 0 spiro atoms. The highest BCUT2D eigenvalue weighted by Gasteiger charge is 2.19. The van der Waals surface area contributed by atoms with Crippen LogP contribution in [-0.2, 0) is 13.0 Å². The van der Waals surface area contributed by atoms with Crippen molar-refractivity contribution in [1.82, 2.24) is 20.3 Å². The van der Waals surface area contributed by atoms with Gasteiger partial charge in [0, 0.05) is 45.8 Å². The number of aryl methyl sites for hydroxylation is 1. The van der Waals surface area contributed by atoms with E-state index in [0.717, 1.165) is 62.3 Å². The molecule has 0 saturated carbocycles. The zero-order chi connectivity index (χ0) is 18.9. The minimum atomic E-state index is 0.602. The van der Waals surface area contributed by atoms with E-state index in [9.17, 15) is 0 Å². The number of para-hydroxylation sites is 1. The van der Waals surface area contributed by atoms with Gasteiger partial charge >= 0.3 is 0 Å². The van der Waals surface area contributed by atoms with Crippen LogP contribution in [0.25, 0.3) is 0 Å². The molecule has 0 atom stereocenters. The van der Waals surface area contributed by atoms with Crippen LogP contribution in [0.2, 0.25) is 0 Å². The molecule has 1 N–H and O–H groups in total. The van der Waals surface area contributed by atoms with Crippen molar-refractivity contribution < 1.29 is 9.26 Å². The lowest BCUT2D eigenvalue weighted by atomic mass is 10.3. The standard InChI is InChI=1S/C20H29N5O2/c1-3-17-15-19(27-23-17)16-22-20(21-2)25-11-9-24(10-12-25)13-14-26-18-7-5-4-6-8-18/h4-8,15H,3,9-14,16H2,1-2H3,(H,21,22). The number of hydrogen-bond donors (Lipinski definition) is 1. The first-order chi connectivity index (χ1) is 13.3. The first kappa shape index (κ1) is 19.2. The van der Waals surface area contributed by atoms with Gasteiger partial charge in [0.2, 0.25) is 0 Å². The quantitative estimate of drug-likeness (QED) is 0.593. The fourth-order valence-corrected chi connectivity index (χ4v) is 3.10. The van der Waals surface area contributed by atoms with Crippen LogP contribution in [0.1, 0.15) is 18.4 Å². The van der Waals surface area contributed by atoms with E-state index >= 15 is 0 Å². The summed E-state index contributed by atoms with van der Waals surface area (Å²) < 4.78 is 11.1. The maximum atomic E-state index is 5.80. The lowest BCUT2D eigenvalue weighted by molar-refractivity contribution is 0.152. The number of ether oxygens (including phenoxy) is 1. The van der Waals surface area contributed by atoms with Crippen molar-refractivity contribution in [3.63, 3.8) is 0 Å². The van der Waals surface area contributed by atoms with E-state index < -0.39 is 0 Å². The molecule has 0 aliphatic carbocycles. The molecule has 146 valence electrons. The van der Waals surface area contributed by atoms with Gasteiger partial charge in [-0.3, -0.25) is 9.89 Å². The van der Waals surface area contributed by atoms with Crippen molar-refractivity contribution >= 4 is 5.96 Å². The Kier molecular flexibility index (Phi) is 7.10. The minimum Gasteiger partial charge on any atom is -0.492 e. The molecule has 1 aliphatic rings. The Morgan fingerprint density at radius 1 is 1.22 bits per heavy atom. The highest BCUT2D eigenvalue weighted by molar-refractivity contribution is 5.79. The Balaban J connectivity index is 1.38. The SMILES string of the molecule is CCc1cc(CNC(=NC)N2CCN(CCOc3ccccc3)CC2)on1. The molecule has 2 heterocycles. The third-order valence-electron chi connectivity index (χ3n) is 4.69. The number of nitrogens with zero attached hydrogens (tertiary/aromatic N) is 4. The fourth-order valence-electron chi connectivity index (χ4n) is 3.10. The van der Waals surface area contributed by atoms with E-state index in [1.807, 2.05) is 43.4 Å². The van der Waals surface area contributed by atoms with Crippen molar-refractivity contribution in [2.24, 2.45) is 4.99 Å². The average molecular weight is 371 g/mol. The van der Waals surface area contributed by atoms with Gasteiger partial charge in [-0.1, -0.05) is 30.3 Å². The van der Waals surface area contributed by atoms with Crippen molar-refractivity contribution in [1.29, 1.82) is 0 Å². The number of aromatic nitrogens is 1. The first-order valence-corrected chi connectivity index (χ1v) is 9.58. The van der Waals surface area contributed by atoms with E-state index in [4.69, 9.17) is 9.26 Å². The second-order valence-corrected chi connectivity index (χ2v) is 6.53. The summed E-state index contributed by atoms with van der Waals surface area (Å²) in [5, 5.41) is 7.40. The van der Waals surface area contributed by atoms with Crippen molar-refractivity contribution in [3.05, 3.63) is 47.9 Å². The maximum absolute atomic E-state index is 5.80. The molecule has 3 rings (SSSR count). The van der Waals surface area contributed by atoms with Crippen LogP contribution < -0.4 is 10.1 Å². The Bertz CT molecular complexity index is 708. The van der Waals surface area contributed by atoms with Crippen molar-refractivity contribution in [3.8, 4) is 5.75 Å². The van der Waals surface area contributed by atoms with Gasteiger partial charge < -0.3 is 19.5 Å². The van der Waals surface area contributed by atoms with Crippen LogP contribution in [0, 0.1) is 0 Å². The molecule has 0 amide bonds. The average Bonchev–Trinajstić information content (AvgIpc) is 3.18. The van der Waals surface area contributed by atoms with Crippen LogP contribution in [0.15, 0.2) is 45.9 Å². The summed E-state index contributed by atoms with van der Waals surface area (Å²) in [6, 6.07) is 12.0. The number of nitrogens with one attached hydrogen (secondary N) is 1. The molecule has 2 aromatic rings. The summed E-state index contributed by atoms with van der Waals surface area (Å²) in [5.74, 6) is 2.67. The van der Waals surface area contributed by atoms with Crippen LogP contribution in [0.3, 0.4) is 0 Å². The molecule has 0 unspecified atom stereocenters.